The van der Waals surface area contributed by atoms with Gasteiger partial charge < -0.3 is 18.1 Å². The van der Waals surface area contributed by atoms with Gasteiger partial charge in [0.2, 0.25) is 0 Å². The van der Waals surface area contributed by atoms with Crippen molar-refractivity contribution in [2.45, 2.75) is 112 Å². The fraction of sp³-hybridized carbons (Fsp3) is 0.347. The van der Waals surface area contributed by atoms with Crippen molar-refractivity contribution in [3.8, 4) is 34.1 Å². The average molecular weight is 842 g/mol. The molecular formula is C49H56Cl2O4P2. The quantitative estimate of drug-likeness (QED) is 0.136. The summed E-state index contributed by atoms with van der Waals surface area (Å²) in [5.41, 5.74) is 5.18. The highest BCUT2D eigenvalue weighted by Crippen LogP contribution is 2.57. The standard InChI is InChI=1S/C49H56Cl2O4P2/c1-29-25-26-39(33-23-17-16-21-31(29)33)53-57-55-45-37(49(11,12)13)28-35(47(5,6)7)43(51)41(45)40-42(50)34(46(2,3)4)27-36(48(8,9)10)44(40)54-56-52-38-24-18-20-30-19-14-15-22-32(30)38/h14-28,56-57H,1-13H3. The predicted molar refractivity (Wildman–Crippen MR) is 248 cm³/mol. The Hall–Kier alpha value is -3.52. The van der Waals surface area contributed by atoms with Gasteiger partial charge in [0.05, 0.1) is 10.0 Å². The van der Waals surface area contributed by atoms with E-state index in [1.807, 2.05) is 42.5 Å². The summed E-state index contributed by atoms with van der Waals surface area (Å²) in [6.45, 7) is 28.4. The molecule has 0 saturated heterocycles. The Bertz CT molecular complexity index is 2440. The van der Waals surface area contributed by atoms with Crippen LogP contribution in [0.15, 0.2) is 91.0 Å². The number of hydrogen-bond acceptors (Lipinski definition) is 4. The van der Waals surface area contributed by atoms with Crippen LogP contribution in [0, 0.1) is 6.92 Å². The van der Waals surface area contributed by atoms with Gasteiger partial charge in [-0.3, -0.25) is 0 Å². The summed E-state index contributed by atoms with van der Waals surface area (Å²) < 4.78 is 26.9. The molecular weight excluding hydrogens is 785 g/mol. The summed E-state index contributed by atoms with van der Waals surface area (Å²) in [6, 6.07) is 31.0. The molecule has 57 heavy (non-hydrogen) atoms. The molecule has 0 radical (unpaired) electrons. The number of halogens is 2. The molecule has 8 heteroatoms. The molecule has 0 bridgehead atoms. The molecule has 0 fully saturated rings. The van der Waals surface area contributed by atoms with Gasteiger partial charge in [0.25, 0.3) is 18.1 Å². The zero-order chi connectivity index (χ0) is 41.7. The highest BCUT2D eigenvalue weighted by molar-refractivity contribution is 7.27. The summed E-state index contributed by atoms with van der Waals surface area (Å²) >= 11 is 15.5. The smallest absolute Gasteiger partial charge is 0.275 e. The maximum atomic E-state index is 7.76. The van der Waals surface area contributed by atoms with Gasteiger partial charge in [0, 0.05) is 33.0 Å². The SMILES string of the molecule is Cc1ccc(OPOc2c(C(C)(C)C)cc(C(C)(C)C)c(Cl)c2-c2c(Cl)c(C(C)(C)C)cc(C(C)(C)C)c2OPOc2cccc3ccccc23)c2ccccc12. The van der Waals surface area contributed by atoms with Crippen LogP contribution in [0.25, 0.3) is 32.7 Å². The maximum absolute atomic E-state index is 7.76. The number of aryl methyl sites for hydroxylation is 1. The summed E-state index contributed by atoms with van der Waals surface area (Å²) in [4.78, 5) is 0. The predicted octanol–water partition coefficient (Wildman–Crippen LogP) is 16.4. The van der Waals surface area contributed by atoms with Crippen molar-refractivity contribution >= 4 is 62.8 Å². The minimum atomic E-state index is -0.383. The Labute approximate surface area is 353 Å². The summed E-state index contributed by atoms with van der Waals surface area (Å²) in [5.74, 6) is 2.73. The van der Waals surface area contributed by atoms with E-state index in [-0.39, 0.29) is 39.7 Å². The van der Waals surface area contributed by atoms with Gasteiger partial charge in [0.15, 0.2) is 0 Å². The van der Waals surface area contributed by atoms with E-state index in [4.69, 9.17) is 41.3 Å². The van der Waals surface area contributed by atoms with Crippen LogP contribution in [0.3, 0.4) is 0 Å². The van der Waals surface area contributed by atoms with Crippen molar-refractivity contribution in [3.05, 3.63) is 129 Å². The Morgan fingerprint density at radius 3 is 1.30 bits per heavy atom. The minimum Gasteiger partial charge on any atom is -0.440 e. The highest BCUT2D eigenvalue weighted by Gasteiger charge is 2.37. The number of hydrogen-bond donors (Lipinski definition) is 0. The summed E-state index contributed by atoms with van der Waals surface area (Å²) in [7, 11) is -0.764. The van der Waals surface area contributed by atoms with E-state index in [2.05, 4.69) is 139 Å². The third-order valence-corrected chi connectivity index (χ3v) is 12.3. The molecule has 0 spiro atoms. The van der Waals surface area contributed by atoms with Gasteiger partial charge in [-0.25, -0.2) is 0 Å². The molecule has 2 unspecified atom stereocenters. The molecule has 0 aliphatic rings. The monoisotopic (exact) mass is 840 g/mol. The molecule has 6 aromatic carbocycles. The maximum Gasteiger partial charge on any atom is 0.275 e. The minimum absolute atomic E-state index is 0.314. The molecule has 4 nitrogen and oxygen atoms in total. The molecule has 0 aliphatic carbocycles. The van der Waals surface area contributed by atoms with Crippen molar-refractivity contribution in [1.82, 2.24) is 0 Å². The van der Waals surface area contributed by atoms with Crippen molar-refractivity contribution < 1.29 is 18.1 Å². The lowest BCUT2D eigenvalue weighted by molar-refractivity contribution is 0.487. The van der Waals surface area contributed by atoms with Gasteiger partial charge in [-0.1, -0.05) is 173 Å². The fourth-order valence-corrected chi connectivity index (χ4v) is 9.41. The second kappa shape index (κ2) is 16.3. The van der Waals surface area contributed by atoms with E-state index >= 15 is 0 Å². The summed E-state index contributed by atoms with van der Waals surface area (Å²) in [6.07, 6.45) is 0. The molecule has 300 valence electrons. The first-order valence-corrected chi connectivity index (χ1v) is 21.9. The van der Waals surface area contributed by atoms with Gasteiger partial charge in [-0.15, -0.1) is 0 Å². The Balaban J connectivity index is 1.60. The lowest BCUT2D eigenvalue weighted by atomic mass is 9.75. The third kappa shape index (κ3) is 9.06. The zero-order valence-corrected chi connectivity index (χ0v) is 39.1. The number of benzene rings is 6. The van der Waals surface area contributed by atoms with E-state index < -0.39 is 0 Å². The zero-order valence-electron chi connectivity index (χ0n) is 35.5. The van der Waals surface area contributed by atoms with Gasteiger partial charge in [-0.05, 0) is 80.3 Å². The van der Waals surface area contributed by atoms with Crippen LogP contribution in [-0.4, -0.2) is 0 Å². The van der Waals surface area contributed by atoms with Gasteiger partial charge in [0.1, 0.15) is 23.0 Å². The number of rotatable bonds is 9. The van der Waals surface area contributed by atoms with Crippen LogP contribution >= 0.6 is 41.3 Å². The van der Waals surface area contributed by atoms with Crippen molar-refractivity contribution in [1.29, 1.82) is 0 Å². The molecule has 2 atom stereocenters. The molecule has 0 N–H and O–H groups in total. The topological polar surface area (TPSA) is 36.9 Å². The molecule has 0 heterocycles. The average Bonchev–Trinajstić information content (AvgIpc) is 3.11. The number of fused-ring (bicyclic) bond motifs is 2. The van der Waals surface area contributed by atoms with Crippen LogP contribution < -0.4 is 18.1 Å². The molecule has 6 aromatic rings. The van der Waals surface area contributed by atoms with E-state index in [9.17, 15) is 0 Å². The van der Waals surface area contributed by atoms with Gasteiger partial charge >= 0.3 is 0 Å². The third-order valence-electron chi connectivity index (χ3n) is 10.4. The van der Waals surface area contributed by atoms with E-state index in [0.717, 1.165) is 55.3 Å². The van der Waals surface area contributed by atoms with Crippen molar-refractivity contribution in [2.24, 2.45) is 0 Å². The van der Waals surface area contributed by atoms with Crippen LogP contribution in [0.1, 0.15) is 111 Å². The summed E-state index contributed by atoms with van der Waals surface area (Å²) in [5, 5.41) is 5.41. The first-order chi connectivity index (χ1) is 26.6. The second-order valence-electron chi connectivity index (χ2n) is 19.0. The molecule has 0 saturated carbocycles. The van der Waals surface area contributed by atoms with Gasteiger partial charge in [-0.2, -0.15) is 0 Å². The first kappa shape index (κ1) is 43.1. The van der Waals surface area contributed by atoms with Crippen LogP contribution in [-0.2, 0) is 21.7 Å². The van der Waals surface area contributed by atoms with Crippen LogP contribution in [0.4, 0.5) is 0 Å². The lowest BCUT2D eigenvalue weighted by Gasteiger charge is -2.34. The Morgan fingerprint density at radius 1 is 0.421 bits per heavy atom. The Morgan fingerprint density at radius 2 is 0.825 bits per heavy atom. The van der Waals surface area contributed by atoms with E-state index in [0.29, 0.717) is 32.7 Å². The normalized spacial score (nSPS) is 13.0. The first-order valence-electron chi connectivity index (χ1n) is 19.5. The highest BCUT2D eigenvalue weighted by atomic mass is 35.5. The largest absolute Gasteiger partial charge is 0.440 e. The molecule has 0 amide bonds. The van der Waals surface area contributed by atoms with E-state index in [1.165, 1.54) is 5.56 Å². The second-order valence-corrected chi connectivity index (χ2v) is 20.9. The van der Waals surface area contributed by atoms with Crippen molar-refractivity contribution in [3.63, 3.8) is 0 Å². The van der Waals surface area contributed by atoms with E-state index in [1.54, 1.807) is 0 Å². The molecule has 0 aromatic heterocycles. The Kier molecular flexibility index (Phi) is 12.3. The van der Waals surface area contributed by atoms with Crippen LogP contribution in [0.5, 0.6) is 23.0 Å². The van der Waals surface area contributed by atoms with Crippen molar-refractivity contribution in [2.75, 3.05) is 0 Å². The molecule has 0 aliphatic heterocycles. The fourth-order valence-electron chi connectivity index (χ4n) is 7.16. The lowest BCUT2D eigenvalue weighted by Crippen LogP contribution is -2.20. The van der Waals surface area contributed by atoms with Crippen LogP contribution in [0.2, 0.25) is 10.0 Å². The molecule has 6 rings (SSSR count).